The molecular formula is C15H22N4O. The molecule has 0 bridgehead atoms. The van der Waals surface area contributed by atoms with E-state index in [-0.39, 0.29) is 6.03 Å². The number of benzene rings is 1. The summed E-state index contributed by atoms with van der Waals surface area (Å²) < 4.78 is 0. The SMILES string of the molecule is Cc1ccc(N2CCC(N3CCNC3=O)CC2)c(N)c1. The lowest BCUT2D eigenvalue weighted by molar-refractivity contribution is 0.186. The molecule has 3 rings (SSSR count). The fraction of sp³-hybridized carbons (Fsp3) is 0.533. The molecule has 2 fully saturated rings. The van der Waals surface area contributed by atoms with Crippen LogP contribution in [0.3, 0.4) is 0 Å². The zero-order valence-electron chi connectivity index (χ0n) is 11.9. The lowest BCUT2D eigenvalue weighted by Gasteiger charge is -2.37. The van der Waals surface area contributed by atoms with Gasteiger partial charge in [-0.25, -0.2) is 4.79 Å². The monoisotopic (exact) mass is 274 g/mol. The van der Waals surface area contributed by atoms with Gasteiger partial charge in [0.2, 0.25) is 0 Å². The minimum absolute atomic E-state index is 0.0956. The van der Waals surface area contributed by atoms with Crippen molar-refractivity contribution in [3.8, 4) is 0 Å². The Balaban J connectivity index is 1.65. The minimum Gasteiger partial charge on any atom is -0.397 e. The van der Waals surface area contributed by atoms with E-state index in [2.05, 4.69) is 29.3 Å². The highest BCUT2D eigenvalue weighted by Crippen LogP contribution is 2.28. The zero-order valence-corrected chi connectivity index (χ0v) is 11.9. The average Bonchev–Trinajstić information content (AvgIpc) is 2.85. The number of carbonyl (C=O) groups is 1. The molecule has 0 aromatic heterocycles. The predicted octanol–water partition coefficient (Wildman–Crippen LogP) is 1.57. The van der Waals surface area contributed by atoms with Crippen molar-refractivity contribution in [2.75, 3.05) is 36.8 Å². The number of nitrogen functional groups attached to an aromatic ring is 1. The van der Waals surface area contributed by atoms with Crippen LogP contribution in [0, 0.1) is 6.92 Å². The molecule has 1 aromatic rings. The first-order chi connectivity index (χ1) is 9.65. The van der Waals surface area contributed by atoms with Gasteiger partial charge >= 0.3 is 6.03 Å². The maximum atomic E-state index is 11.7. The average molecular weight is 274 g/mol. The van der Waals surface area contributed by atoms with Crippen LogP contribution in [0.5, 0.6) is 0 Å². The van der Waals surface area contributed by atoms with Crippen molar-refractivity contribution in [2.45, 2.75) is 25.8 Å². The maximum absolute atomic E-state index is 11.7. The van der Waals surface area contributed by atoms with E-state index in [1.165, 1.54) is 5.56 Å². The zero-order chi connectivity index (χ0) is 14.1. The van der Waals surface area contributed by atoms with Gasteiger partial charge in [-0.3, -0.25) is 0 Å². The molecular weight excluding hydrogens is 252 g/mol. The first-order valence-corrected chi connectivity index (χ1v) is 7.30. The molecule has 5 nitrogen and oxygen atoms in total. The summed E-state index contributed by atoms with van der Waals surface area (Å²) in [5.74, 6) is 0. The highest BCUT2D eigenvalue weighted by molar-refractivity contribution is 5.76. The molecule has 20 heavy (non-hydrogen) atoms. The minimum atomic E-state index is 0.0956. The van der Waals surface area contributed by atoms with Crippen LogP contribution in [0.4, 0.5) is 16.2 Å². The number of aryl methyl sites for hydroxylation is 1. The molecule has 2 aliphatic rings. The first kappa shape index (κ1) is 13.1. The van der Waals surface area contributed by atoms with Crippen molar-refractivity contribution in [3.05, 3.63) is 23.8 Å². The molecule has 0 radical (unpaired) electrons. The van der Waals surface area contributed by atoms with E-state index in [0.29, 0.717) is 6.04 Å². The summed E-state index contributed by atoms with van der Waals surface area (Å²) in [5, 5.41) is 2.88. The molecule has 2 amide bonds. The van der Waals surface area contributed by atoms with Gasteiger partial charge in [0.1, 0.15) is 0 Å². The van der Waals surface area contributed by atoms with E-state index in [9.17, 15) is 4.79 Å². The number of piperidine rings is 1. The van der Waals surface area contributed by atoms with Gasteiger partial charge in [-0.1, -0.05) is 6.07 Å². The first-order valence-electron chi connectivity index (χ1n) is 7.30. The number of urea groups is 1. The van der Waals surface area contributed by atoms with E-state index in [1.54, 1.807) is 0 Å². The predicted molar refractivity (Wildman–Crippen MR) is 80.9 cm³/mol. The molecule has 1 aromatic carbocycles. The quantitative estimate of drug-likeness (QED) is 0.805. The molecule has 0 aliphatic carbocycles. The Bertz CT molecular complexity index is 509. The van der Waals surface area contributed by atoms with Crippen LogP contribution >= 0.6 is 0 Å². The Kier molecular flexibility index (Phi) is 3.42. The second-order valence-corrected chi connectivity index (χ2v) is 5.71. The van der Waals surface area contributed by atoms with E-state index >= 15 is 0 Å². The lowest BCUT2D eigenvalue weighted by atomic mass is 10.0. The number of nitrogens with zero attached hydrogens (tertiary/aromatic N) is 2. The summed E-state index contributed by atoms with van der Waals surface area (Å²) in [6.45, 7) is 5.60. The van der Waals surface area contributed by atoms with Crippen molar-refractivity contribution in [3.63, 3.8) is 0 Å². The van der Waals surface area contributed by atoms with Gasteiger partial charge < -0.3 is 20.9 Å². The summed E-state index contributed by atoms with van der Waals surface area (Å²) in [5.41, 5.74) is 9.28. The van der Waals surface area contributed by atoms with Crippen molar-refractivity contribution < 1.29 is 4.79 Å². The summed E-state index contributed by atoms with van der Waals surface area (Å²) in [4.78, 5) is 16.0. The third-order valence-corrected chi connectivity index (χ3v) is 4.32. The number of hydrogen-bond acceptors (Lipinski definition) is 3. The van der Waals surface area contributed by atoms with E-state index in [4.69, 9.17) is 5.73 Å². The fourth-order valence-electron chi connectivity index (χ4n) is 3.22. The van der Waals surface area contributed by atoms with Crippen LogP contribution in [0.25, 0.3) is 0 Å². The Morgan fingerprint density at radius 3 is 2.60 bits per heavy atom. The van der Waals surface area contributed by atoms with Crippen LogP contribution in [-0.4, -0.2) is 43.2 Å². The van der Waals surface area contributed by atoms with Crippen molar-refractivity contribution >= 4 is 17.4 Å². The Hall–Kier alpha value is -1.91. The van der Waals surface area contributed by atoms with Gasteiger partial charge in [0.25, 0.3) is 0 Å². The van der Waals surface area contributed by atoms with E-state index in [0.717, 1.165) is 50.4 Å². The van der Waals surface area contributed by atoms with Gasteiger partial charge in [-0.05, 0) is 37.5 Å². The normalized spacial score (nSPS) is 20.4. The number of carbonyl (C=O) groups excluding carboxylic acids is 1. The highest BCUT2D eigenvalue weighted by Gasteiger charge is 2.30. The van der Waals surface area contributed by atoms with Gasteiger partial charge in [-0.15, -0.1) is 0 Å². The topological polar surface area (TPSA) is 61.6 Å². The van der Waals surface area contributed by atoms with Crippen LogP contribution in [0.2, 0.25) is 0 Å². The molecule has 2 saturated heterocycles. The van der Waals surface area contributed by atoms with E-state index in [1.807, 2.05) is 11.0 Å². The third-order valence-electron chi connectivity index (χ3n) is 4.32. The molecule has 0 saturated carbocycles. The molecule has 0 atom stereocenters. The standard InChI is InChI=1S/C15H22N4O/c1-11-2-3-14(13(16)10-11)18-7-4-12(5-8-18)19-9-6-17-15(19)20/h2-3,10,12H,4-9,16H2,1H3,(H,17,20). The van der Waals surface area contributed by atoms with Crippen LogP contribution in [0.15, 0.2) is 18.2 Å². The van der Waals surface area contributed by atoms with Crippen LogP contribution in [-0.2, 0) is 0 Å². The molecule has 2 heterocycles. The Morgan fingerprint density at radius 1 is 1.25 bits per heavy atom. The second kappa shape index (κ2) is 5.23. The smallest absolute Gasteiger partial charge is 0.317 e. The number of anilines is 2. The molecule has 2 aliphatic heterocycles. The van der Waals surface area contributed by atoms with Gasteiger partial charge in [0.05, 0.1) is 11.4 Å². The number of rotatable bonds is 2. The maximum Gasteiger partial charge on any atom is 0.317 e. The summed E-state index contributed by atoms with van der Waals surface area (Å²) in [6, 6.07) is 6.70. The molecule has 0 unspecified atom stereocenters. The lowest BCUT2D eigenvalue weighted by Crippen LogP contribution is -2.46. The largest absolute Gasteiger partial charge is 0.397 e. The summed E-state index contributed by atoms with van der Waals surface area (Å²) in [6.07, 6.45) is 2.03. The fourth-order valence-corrected chi connectivity index (χ4v) is 3.22. The molecule has 0 spiro atoms. The summed E-state index contributed by atoms with van der Waals surface area (Å²) in [7, 11) is 0. The van der Waals surface area contributed by atoms with Crippen LogP contribution < -0.4 is 16.0 Å². The summed E-state index contributed by atoms with van der Waals surface area (Å²) >= 11 is 0. The van der Waals surface area contributed by atoms with Gasteiger partial charge in [0.15, 0.2) is 0 Å². The molecule has 108 valence electrons. The van der Waals surface area contributed by atoms with Crippen LogP contribution in [0.1, 0.15) is 18.4 Å². The Morgan fingerprint density at radius 2 is 2.00 bits per heavy atom. The van der Waals surface area contributed by atoms with Crippen molar-refractivity contribution in [1.82, 2.24) is 10.2 Å². The second-order valence-electron chi connectivity index (χ2n) is 5.71. The third kappa shape index (κ3) is 2.40. The highest BCUT2D eigenvalue weighted by atomic mass is 16.2. The van der Waals surface area contributed by atoms with Gasteiger partial charge in [-0.2, -0.15) is 0 Å². The number of hydrogen-bond donors (Lipinski definition) is 2. The van der Waals surface area contributed by atoms with Crippen molar-refractivity contribution in [1.29, 1.82) is 0 Å². The Labute approximate surface area is 119 Å². The van der Waals surface area contributed by atoms with Crippen molar-refractivity contribution in [2.24, 2.45) is 0 Å². The van der Waals surface area contributed by atoms with Gasteiger partial charge in [0, 0.05) is 32.2 Å². The molecule has 3 N–H and O–H groups in total. The molecule has 5 heteroatoms. The van der Waals surface area contributed by atoms with E-state index < -0.39 is 0 Å². The number of nitrogens with two attached hydrogens (primary N) is 1. The number of nitrogens with one attached hydrogen (secondary N) is 1. The number of amides is 2.